The van der Waals surface area contributed by atoms with Crippen LogP contribution < -0.4 is 0 Å². The third-order valence-corrected chi connectivity index (χ3v) is 0.771. The van der Waals surface area contributed by atoms with Crippen LogP contribution in [0.15, 0.2) is 12.7 Å². The molecular formula is C3H6BBr. The van der Waals surface area contributed by atoms with Gasteiger partial charge in [-0.2, -0.15) is 15.8 Å². The molecule has 28 valence electrons. The number of hydrogen-bond donors (Lipinski definition) is 0. The summed E-state index contributed by atoms with van der Waals surface area (Å²) in [7, 11) is 0. The molecule has 0 aliphatic carbocycles. The van der Waals surface area contributed by atoms with Gasteiger partial charge in [-0.05, 0) is 6.32 Å². The molecule has 0 rings (SSSR count). The summed E-state index contributed by atoms with van der Waals surface area (Å²) in [4.78, 5) is 0. The summed E-state index contributed by atoms with van der Waals surface area (Å²) in [6.07, 6.45) is 3.99. The van der Waals surface area contributed by atoms with Crippen molar-refractivity contribution in [2.75, 3.05) is 0 Å². The van der Waals surface area contributed by atoms with E-state index in [1.165, 1.54) is 0 Å². The van der Waals surface area contributed by atoms with Crippen LogP contribution in [0.4, 0.5) is 0 Å². The summed E-state index contributed by atoms with van der Waals surface area (Å²) in [5, 5.41) is 0. The normalized spacial score (nSPS) is 6.60. The van der Waals surface area contributed by atoms with Crippen molar-refractivity contribution >= 4 is 21.9 Å². The van der Waals surface area contributed by atoms with Crippen molar-refractivity contribution in [1.29, 1.82) is 0 Å². The largest absolute Gasteiger partial charge is 0.208 e. The van der Waals surface area contributed by atoms with Crippen molar-refractivity contribution in [1.82, 2.24) is 0 Å². The molecule has 0 nitrogen and oxygen atoms in total. The number of rotatable bonds is 2. The zero-order valence-electron chi connectivity index (χ0n) is 3.08. The van der Waals surface area contributed by atoms with Crippen molar-refractivity contribution in [2.24, 2.45) is 0 Å². The summed E-state index contributed by atoms with van der Waals surface area (Å²) in [6.45, 7) is 3.52. The van der Waals surface area contributed by atoms with Gasteiger partial charge < -0.3 is 0 Å². The average molecular weight is 133 g/mol. The standard InChI is InChI=1S/C3H6BBr/c1-2-3-4-5/h2,4H,1,3H2. The maximum Gasteiger partial charge on any atom is 0.208 e. The lowest BCUT2D eigenvalue weighted by Gasteiger charge is -1.67. The Morgan fingerprint density at radius 3 is 2.60 bits per heavy atom. The summed E-state index contributed by atoms with van der Waals surface area (Å²) >= 11 is 3.24. The van der Waals surface area contributed by atoms with Gasteiger partial charge in [0.2, 0.25) is 6.10 Å². The van der Waals surface area contributed by atoms with Gasteiger partial charge in [-0.25, -0.2) is 0 Å². The van der Waals surface area contributed by atoms with Crippen LogP contribution in [-0.2, 0) is 0 Å². The molecule has 0 amide bonds. The average Bonchev–Trinajstić information content (AvgIpc) is 1.41. The monoisotopic (exact) mass is 132 g/mol. The third-order valence-electron chi connectivity index (χ3n) is 0.313. The molecule has 0 aliphatic rings. The smallest absolute Gasteiger partial charge is 0.162 e. The molecule has 0 saturated carbocycles. The zero-order valence-corrected chi connectivity index (χ0v) is 4.66. The predicted octanol–water partition coefficient (Wildman–Crippen LogP) is 1.34. The highest BCUT2D eigenvalue weighted by Crippen LogP contribution is 1.82. The minimum Gasteiger partial charge on any atom is -0.162 e. The highest BCUT2D eigenvalue weighted by atomic mass is 79.9. The van der Waals surface area contributed by atoms with Gasteiger partial charge in [0.15, 0.2) is 0 Å². The van der Waals surface area contributed by atoms with E-state index < -0.39 is 0 Å². The fourth-order valence-electron chi connectivity index (χ4n) is 0.0772. The van der Waals surface area contributed by atoms with Crippen molar-refractivity contribution in [3.8, 4) is 0 Å². The van der Waals surface area contributed by atoms with Crippen molar-refractivity contribution in [2.45, 2.75) is 6.32 Å². The van der Waals surface area contributed by atoms with E-state index in [4.69, 9.17) is 0 Å². The van der Waals surface area contributed by atoms with E-state index in [0.717, 1.165) is 12.4 Å². The highest BCUT2D eigenvalue weighted by molar-refractivity contribution is 9.23. The number of hydrogen-bond acceptors (Lipinski definition) is 0. The quantitative estimate of drug-likeness (QED) is 0.393. The Balaban J connectivity index is 2.40. The first kappa shape index (κ1) is 5.28. The molecule has 0 saturated heterocycles. The molecule has 0 aromatic carbocycles. The lowest BCUT2D eigenvalue weighted by molar-refractivity contribution is 1.76. The molecule has 0 aromatic rings. The second kappa shape index (κ2) is 4.28. The Hall–Kier alpha value is 0.285. The van der Waals surface area contributed by atoms with E-state index in [1.807, 2.05) is 6.08 Å². The second-order valence-electron chi connectivity index (χ2n) is 0.766. The van der Waals surface area contributed by atoms with E-state index in [-0.39, 0.29) is 0 Å². The summed E-state index contributed by atoms with van der Waals surface area (Å²) < 4.78 is 0. The van der Waals surface area contributed by atoms with Crippen LogP contribution in [-0.4, -0.2) is 6.10 Å². The van der Waals surface area contributed by atoms with Crippen LogP contribution >= 0.6 is 15.8 Å². The first-order chi connectivity index (χ1) is 2.41. The van der Waals surface area contributed by atoms with E-state index in [9.17, 15) is 0 Å². The number of allylic oxidation sites excluding steroid dienone is 1. The van der Waals surface area contributed by atoms with Gasteiger partial charge in [-0.1, -0.05) is 6.08 Å². The van der Waals surface area contributed by atoms with Crippen molar-refractivity contribution in [3.63, 3.8) is 0 Å². The molecular weight excluding hydrogens is 127 g/mol. The number of halogens is 1. The second-order valence-corrected chi connectivity index (χ2v) is 1.56. The molecule has 0 bridgehead atoms. The molecule has 0 radical (unpaired) electrons. The molecule has 0 fully saturated rings. The fourth-order valence-corrected chi connectivity index (χ4v) is 0.401. The molecule has 0 aliphatic heterocycles. The summed E-state index contributed by atoms with van der Waals surface area (Å²) in [5.74, 6) is 0. The molecule has 0 aromatic heterocycles. The molecule has 0 heterocycles. The minimum atomic E-state index is 1.04. The van der Waals surface area contributed by atoms with E-state index in [2.05, 4.69) is 22.3 Å². The first-order valence-electron chi connectivity index (χ1n) is 1.58. The highest BCUT2D eigenvalue weighted by Gasteiger charge is 1.69. The van der Waals surface area contributed by atoms with Crippen LogP contribution in [0.25, 0.3) is 0 Å². The van der Waals surface area contributed by atoms with Gasteiger partial charge in [0, 0.05) is 0 Å². The van der Waals surface area contributed by atoms with Gasteiger partial charge >= 0.3 is 0 Å². The lowest BCUT2D eigenvalue weighted by atomic mass is 10.1. The Kier molecular flexibility index (Phi) is 4.53. The van der Waals surface area contributed by atoms with Gasteiger partial charge in [-0.15, -0.1) is 6.58 Å². The van der Waals surface area contributed by atoms with Gasteiger partial charge in [0.25, 0.3) is 0 Å². The van der Waals surface area contributed by atoms with Gasteiger partial charge in [0.05, 0.1) is 0 Å². The minimum absolute atomic E-state index is 1.04. The van der Waals surface area contributed by atoms with E-state index in [1.54, 1.807) is 0 Å². The van der Waals surface area contributed by atoms with Crippen LogP contribution in [0.3, 0.4) is 0 Å². The summed E-state index contributed by atoms with van der Waals surface area (Å²) in [5.41, 5.74) is 0. The van der Waals surface area contributed by atoms with Gasteiger partial charge in [0.1, 0.15) is 0 Å². The molecule has 0 spiro atoms. The Morgan fingerprint density at radius 2 is 2.60 bits per heavy atom. The third kappa shape index (κ3) is 4.28. The molecule has 0 unspecified atom stereocenters. The van der Waals surface area contributed by atoms with Crippen LogP contribution in [0.2, 0.25) is 6.32 Å². The Bertz CT molecular complexity index is 28.1. The predicted molar refractivity (Wildman–Crippen MR) is 31.1 cm³/mol. The maximum absolute atomic E-state index is 3.52. The Labute approximate surface area is 41.5 Å². The zero-order chi connectivity index (χ0) is 4.12. The summed E-state index contributed by atoms with van der Waals surface area (Å²) in [6, 6.07) is 0. The van der Waals surface area contributed by atoms with Crippen LogP contribution in [0, 0.1) is 0 Å². The molecule has 2 heteroatoms. The van der Waals surface area contributed by atoms with E-state index in [0.29, 0.717) is 0 Å². The molecule has 0 N–H and O–H groups in total. The lowest BCUT2D eigenvalue weighted by Crippen LogP contribution is -1.63. The van der Waals surface area contributed by atoms with Crippen molar-refractivity contribution in [3.05, 3.63) is 12.7 Å². The SMILES string of the molecule is C=CCBBr. The van der Waals surface area contributed by atoms with Crippen molar-refractivity contribution < 1.29 is 0 Å². The van der Waals surface area contributed by atoms with Gasteiger partial charge in [-0.3, -0.25) is 0 Å². The molecule has 5 heavy (non-hydrogen) atoms. The topological polar surface area (TPSA) is 0 Å². The molecule has 0 atom stereocenters. The fraction of sp³-hybridized carbons (Fsp3) is 0.333. The van der Waals surface area contributed by atoms with Crippen LogP contribution in [0.5, 0.6) is 0 Å². The maximum atomic E-state index is 3.52. The van der Waals surface area contributed by atoms with E-state index >= 15 is 0 Å². The first-order valence-corrected chi connectivity index (χ1v) is 2.71. The van der Waals surface area contributed by atoms with Crippen LogP contribution in [0.1, 0.15) is 0 Å². The Morgan fingerprint density at radius 1 is 2.00 bits per heavy atom.